The zero-order chi connectivity index (χ0) is 18.8. The van der Waals surface area contributed by atoms with Crippen LogP contribution in [0.25, 0.3) is 16.9 Å². The Kier molecular flexibility index (Phi) is 4.15. The van der Waals surface area contributed by atoms with E-state index in [9.17, 15) is 14.0 Å². The number of rotatable bonds is 3. The molecule has 0 aliphatic carbocycles. The lowest BCUT2D eigenvalue weighted by Gasteiger charge is -2.02. The molecular weight excluding hydrogens is 348 g/mol. The summed E-state index contributed by atoms with van der Waals surface area (Å²) in [6, 6.07) is 17.2. The van der Waals surface area contributed by atoms with E-state index in [1.54, 1.807) is 53.1 Å². The van der Waals surface area contributed by atoms with Crippen LogP contribution >= 0.6 is 0 Å². The molecule has 0 aliphatic heterocycles. The van der Waals surface area contributed by atoms with Crippen LogP contribution in [0.1, 0.15) is 5.56 Å². The summed E-state index contributed by atoms with van der Waals surface area (Å²) in [6.45, 7) is 0. The first-order valence-corrected chi connectivity index (χ1v) is 8.01. The van der Waals surface area contributed by atoms with Crippen molar-refractivity contribution in [3.63, 3.8) is 0 Å². The average molecular weight is 359 g/mol. The van der Waals surface area contributed by atoms with Gasteiger partial charge in [0.15, 0.2) is 5.82 Å². The highest BCUT2D eigenvalue weighted by Crippen LogP contribution is 2.34. The fourth-order valence-corrected chi connectivity index (χ4v) is 2.69. The molecule has 0 saturated carbocycles. The number of hydrogen-bond acceptors (Lipinski definition) is 4. The van der Waals surface area contributed by atoms with Crippen LogP contribution in [-0.2, 0) is 0 Å². The Morgan fingerprint density at radius 1 is 0.963 bits per heavy atom. The summed E-state index contributed by atoms with van der Waals surface area (Å²) in [5.41, 5.74) is 1.39. The molecular formula is C20H11F2N5. The standard InChI is InChI=1S/C20H11F2N5/c21-14-8-9-16(22)15(11-14)19-20(27-10-4-3-7-18(27)24-19)26-25-17-6-2-1-5-13(17)12-23/h1-11H. The fraction of sp³-hybridized carbons (Fsp3) is 0. The second kappa shape index (κ2) is 6.77. The molecule has 0 fully saturated rings. The number of azo groups is 1. The van der Waals surface area contributed by atoms with Crippen molar-refractivity contribution in [3.8, 4) is 17.3 Å². The number of fused-ring (bicyclic) bond motifs is 1. The van der Waals surface area contributed by atoms with Crippen LogP contribution in [0.15, 0.2) is 77.1 Å². The Balaban J connectivity index is 1.93. The van der Waals surface area contributed by atoms with E-state index in [1.165, 1.54) is 0 Å². The average Bonchev–Trinajstić information content (AvgIpc) is 3.06. The molecule has 0 aliphatic rings. The Morgan fingerprint density at radius 3 is 2.63 bits per heavy atom. The molecule has 27 heavy (non-hydrogen) atoms. The van der Waals surface area contributed by atoms with Gasteiger partial charge in [-0.1, -0.05) is 18.2 Å². The van der Waals surface area contributed by atoms with Gasteiger partial charge in [0, 0.05) is 11.8 Å². The normalized spacial score (nSPS) is 11.1. The predicted molar refractivity (Wildman–Crippen MR) is 95.9 cm³/mol. The molecule has 0 bridgehead atoms. The van der Waals surface area contributed by atoms with E-state index in [1.807, 2.05) is 6.07 Å². The zero-order valence-electron chi connectivity index (χ0n) is 13.8. The number of nitrogens with zero attached hydrogens (tertiary/aromatic N) is 5. The van der Waals surface area contributed by atoms with E-state index in [0.29, 0.717) is 16.9 Å². The van der Waals surface area contributed by atoms with Gasteiger partial charge in [-0.05, 0) is 42.5 Å². The lowest BCUT2D eigenvalue weighted by Crippen LogP contribution is -1.87. The molecule has 0 spiro atoms. The number of pyridine rings is 1. The Hall–Kier alpha value is -3.92. The topological polar surface area (TPSA) is 65.8 Å². The third kappa shape index (κ3) is 3.04. The summed E-state index contributed by atoms with van der Waals surface area (Å²) in [6.07, 6.45) is 1.70. The summed E-state index contributed by atoms with van der Waals surface area (Å²) < 4.78 is 29.6. The highest BCUT2D eigenvalue weighted by atomic mass is 19.1. The van der Waals surface area contributed by atoms with Gasteiger partial charge in [0.1, 0.15) is 34.7 Å². The van der Waals surface area contributed by atoms with Gasteiger partial charge in [0.2, 0.25) is 0 Å². The monoisotopic (exact) mass is 359 g/mol. The Labute approximate surface area is 152 Å². The maximum atomic E-state index is 14.3. The van der Waals surface area contributed by atoms with Crippen molar-refractivity contribution in [1.82, 2.24) is 9.38 Å². The number of imidazole rings is 1. The predicted octanol–water partition coefficient (Wildman–Crippen LogP) is 5.57. The van der Waals surface area contributed by atoms with E-state index in [4.69, 9.17) is 0 Å². The Bertz CT molecular complexity index is 1220. The van der Waals surface area contributed by atoms with Crippen LogP contribution in [0.2, 0.25) is 0 Å². The number of halogens is 2. The highest BCUT2D eigenvalue weighted by Gasteiger charge is 2.18. The first-order valence-electron chi connectivity index (χ1n) is 8.01. The van der Waals surface area contributed by atoms with Crippen LogP contribution in [0.5, 0.6) is 0 Å². The lowest BCUT2D eigenvalue weighted by molar-refractivity contribution is 0.603. The molecule has 0 atom stereocenters. The molecule has 0 unspecified atom stereocenters. The quantitative estimate of drug-likeness (QED) is 0.449. The van der Waals surface area contributed by atoms with E-state index >= 15 is 0 Å². The van der Waals surface area contributed by atoms with Gasteiger partial charge < -0.3 is 0 Å². The van der Waals surface area contributed by atoms with Crippen molar-refractivity contribution in [1.29, 1.82) is 5.26 Å². The molecule has 0 radical (unpaired) electrons. The molecule has 0 amide bonds. The number of benzene rings is 2. The van der Waals surface area contributed by atoms with Crippen molar-refractivity contribution in [2.75, 3.05) is 0 Å². The van der Waals surface area contributed by atoms with Crippen LogP contribution < -0.4 is 0 Å². The van der Waals surface area contributed by atoms with Crippen LogP contribution in [0.4, 0.5) is 20.3 Å². The summed E-state index contributed by atoms with van der Waals surface area (Å²) in [5, 5.41) is 17.5. The summed E-state index contributed by atoms with van der Waals surface area (Å²) in [4.78, 5) is 4.38. The first-order chi connectivity index (χ1) is 13.2. The van der Waals surface area contributed by atoms with E-state index in [-0.39, 0.29) is 17.1 Å². The second-order valence-corrected chi connectivity index (χ2v) is 5.67. The van der Waals surface area contributed by atoms with Gasteiger partial charge in [-0.3, -0.25) is 4.40 Å². The van der Waals surface area contributed by atoms with Gasteiger partial charge in [0.05, 0.1) is 5.56 Å². The molecule has 5 nitrogen and oxygen atoms in total. The van der Waals surface area contributed by atoms with Crippen molar-refractivity contribution >= 4 is 17.2 Å². The summed E-state index contributed by atoms with van der Waals surface area (Å²) in [5.74, 6) is -0.960. The van der Waals surface area contributed by atoms with Crippen molar-refractivity contribution in [3.05, 3.63) is 84.1 Å². The number of nitriles is 1. The lowest BCUT2D eigenvalue weighted by atomic mass is 10.1. The number of hydrogen-bond donors (Lipinski definition) is 0. The van der Waals surface area contributed by atoms with Crippen molar-refractivity contribution in [2.24, 2.45) is 10.2 Å². The van der Waals surface area contributed by atoms with Crippen LogP contribution in [-0.4, -0.2) is 9.38 Å². The molecule has 0 saturated heterocycles. The largest absolute Gasteiger partial charge is 0.283 e. The fourth-order valence-electron chi connectivity index (χ4n) is 2.69. The third-order valence-electron chi connectivity index (χ3n) is 3.97. The molecule has 7 heteroatoms. The van der Waals surface area contributed by atoms with Crippen LogP contribution in [0, 0.1) is 23.0 Å². The first kappa shape index (κ1) is 16.5. The SMILES string of the molecule is N#Cc1ccccc1N=Nc1c(-c2cc(F)ccc2F)nc2ccccn12. The maximum absolute atomic E-state index is 14.3. The number of aromatic nitrogens is 2. The zero-order valence-corrected chi connectivity index (χ0v) is 13.8. The maximum Gasteiger partial charge on any atom is 0.187 e. The van der Waals surface area contributed by atoms with Gasteiger partial charge in [-0.15, -0.1) is 10.2 Å². The molecule has 2 heterocycles. The third-order valence-corrected chi connectivity index (χ3v) is 3.97. The van der Waals surface area contributed by atoms with E-state index in [2.05, 4.69) is 15.2 Å². The van der Waals surface area contributed by atoms with Crippen molar-refractivity contribution < 1.29 is 8.78 Å². The minimum atomic E-state index is -0.617. The van der Waals surface area contributed by atoms with E-state index < -0.39 is 11.6 Å². The molecule has 130 valence electrons. The second-order valence-electron chi connectivity index (χ2n) is 5.67. The van der Waals surface area contributed by atoms with E-state index in [0.717, 1.165) is 18.2 Å². The van der Waals surface area contributed by atoms with Gasteiger partial charge in [-0.2, -0.15) is 5.26 Å². The minimum absolute atomic E-state index is 0.0128. The smallest absolute Gasteiger partial charge is 0.187 e. The van der Waals surface area contributed by atoms with Gasteiger partial charge >= 0.3 is 0 Å². The summed E-state index contributed by atoms with van der Waals surface area (Å²) in [7, 11) is 0. The van der Waals surface area contributed by atoms with Gasteiger partial charge in [-0.25, -0.2) is 13.8 Å². The molecule has 2 aromatic heterocycles. The molecule has 4 aromatic rings. The minimum Gasteiger partial charge on any atom is -0.283 e. The summed E-state index contributed by atoms with van der Waals surface area (Å²) >= 11 is 0. The van der Waals surface area contributed by atoms with Gasteiger partial charge in [0.25, 0.3) is 0 Å². The highest BCUT2D eigenvalue weighted by molar-refractivity contribution is 5.75. The molecule has 2 aromatic carbocycles. The molecule has 4 rings (SSSR count). The van der Waals surface area contributed by atoms with Crippen LogP contribution in [0.3, 0.4) is 0 Å². The molecule has 0 N–H and O–H groups in total. The Morgan fingerprint density at radius 2 is 1.78 bits per heavy atom. The van der Waals surface area contributed by atoms with Crippen molar-refractivity contribution in [2.45, 2.75) is 0 Å².